The summed E-state index contributed by atoms with van der Waals surface area (Å²) in [6.07, 6.45) is 2.98. The van der Waals surface area contributed by atoms with Crippen molar-refractivity contribution in [3.8, 4) is 0 Å². The molecule has 0 aliphatic rings. The summed E-state index contributed by atoms with van der Waals surface area (Å²) < 4.78 is 5.34. The molecule has 0 aliphatic heterocycles. The predicted molar refractivity (Wildman–Crippen MR) is 92.8 cm³/mol. The van der Waals surface area contributed by atoms with E-state index in [4.69, 9.17) is 16.6 Å². The average molecular weight is 314 g/mol. The number of amides is 1. The molecular formula is C17H18N2O2S. The number of furan rings is 1. The fourth-order valence-corrected chi connectivity index (χ4v) is 2.05. The number of hydrogen-bond acceptors (Lipinski definition) is 3. The van der Waals surface area contributed by atoms with Gasteiger partial charge in [0.2, 0.25) is 5.91 Å². The molecule has 0 atom stereocenters. The number of hydrogen-bond donors (Lipinski definition) is 2. The van der Waals surface area contributed by atoms with E-state index in [9.17, 15) is 4.79 Å². The highest BCUT2D eigenvalue weighted by Crippen LogP contribution is 2.14. The first-order valence-electron chi connectivity index (χ1n) is 6.88. The minimum Gasteiger partial charge on any atom is -0.462 e. The third-order valence-electron chi connectivity index (χ3n) is 3.16. The number of thiocarbonyl (C=S) groups is 1. The van der Waals surface area contributed by atoms with Crippen molar-refractivity contribution >= 4 is 35.0 Å². The van der Waals surface area contributed by atoms with Gasteiger partial charge in [0.25, 0.3) is 0 Å². The number of rotatable bonds is 3. The number of benzene rings is 1. The largest absolute Gasteiger partial charge is 0.462 e. The minimum atomic E-state index is -0.310. The van der Waals surface area contributed by atoms with Gasteiger partial charge < -0.3 is 9.73 Å². The highest BCUT2D eigenvalue weighted by atomic mass is 32.1. The Labute approximate surface area is 135 Å². The molecule has 5 heteroatoms. The molecule has 1 heterocycles. The maximum Gasteiger partial charge on any atom is 0.250 e. The van der Waals surface area contributed by atoms with Crippen LogP contribution in [0.4, 0.5) is 5.69 Å². The Morgan fingerprint density at radius 3 is 2.55 bits per heavy atom. The Morgan fingerprint density at radius 1 is 1.14 bits per heavy atom. The predicted octanol–water partition coefficient (Wildman–Crippen LogP) is 3.73. The highest BCUT2D eigenvalue weighted by molar-refractivity contribution is 7.80. The normalized spacial score (nSPS) is 10.7. The summed E-state index contributed by atoms with van der Waals surface area (Å²) in [4.78, 5) is 11.8. The first kappa shape index (κ1) is 16.0. The number of carbonyl (C=O) groups is 1. The van der Waals surface area contributed by atoms with E-state index in [2.05, 4.69) is 10.6 Å². The van der Waals surface area contributed by atoms with Gasteiger partial charge in [0, 0.05) is 11.8 Å². The second-order valence-electron chi connectivity index (χ2n) is 5.02. The molecule has 22 heavy (non-hydrogen) atoms. The lowest BCUT2D eigenvalue weighted by molar-refractivity contribution is -0.115. The van der Waals surface area contributed by atoms with Crippen LogP contribution in [0, 0.1) is 20.8 Å². The second-order valence-corrected chi connectivity index (χ2v) is 5.43. The molecule has 0 radical (unpaired) electrons. The van der Waals surface area contributed by atoms with Crippen molar-refractivity contribution in [1.82, 2.24) is 5.32 Å². The van der Waals surface area contributed by atoms with Gasteiger partial charge in [-0.2, -0.15) is 0 Å². The third-order valence-corrected chi connectivity index (χ3v) is 3.37. The van der Waals surface area contributed by atoms with Gasteiger partial charge in [0.1, 0.15) is 11.5 Å². The molecule has 0 unspecified atom stereocenters. The van der Waals surface area contributed by atoms with Crippen LogP contribution in [0.2, 0.25) is 0 Å². The van der Waals surface area contributed by atoms with Crippen LogP contribution in [0.5, 0.6) is 0 Å². The van der Waals surface area contributed by atoms with E-state index >= 15 is 0 Å². The van der Waals surface area contributed by atoms with Crippen LogP contribution in [0.1, 0.15) is 22.6 Å². The Hall–Kier alpha value is -2.40. The Bertz CT molecular complexity index is 732. The molecule has 2 N–H and O–H groups in total. The van der Waals surface area contributed by atoms with Crippen molar-refractivity contribution in [1.29, 1.82) is 0 Å². The standard InChI is InChI=1S/C17H18N2O2S/c1-11-4-6-14(10-12(11)2)18-17(22)19-16(20)9-8-15-7-5-13(3)21-15/h4-10H,1-3H3,(H2,18,19,20,22)/b9-8+. The van der Waals surface area contributed by atoms with Gasteiger partial charge in [0.15, 0.2) is 5.11 Å². The van der Waals surface area contributed by atoms with Gasteiger partial charge in [-0.3, -0.25) is 10.1 Å². The summed E-state index contributed by atoms with van der Waals surface area (Å²) in [6.45, 7) is 5.91. The molecule has 0 saturated carbocycles. The van der Waals surface area contributed by atoms with Gasteiger partial charge >= 0.3 is 0 Å². The van der Waals surface area contributed by atoms with Crippen LogP contribution in [0.3, 0.4) is 0 Å². The monoisotopic (exact) mass is 314 g/mol. The fraction of sp³-hybridized carbons (Fsp3) is 0.176. The zero-order valence-electron chi connectivity index (χ0n) is 12.8. The van der Waals surface area contributed by atoms with Gasteiger partial charge in [-0.25, -0.2) is 0 Å². The van der Waals surface area contributed by atoms with E-state index in [1.165, 1.54) is 11.6 Å². The van der Waals surface area contributed by atoms with Crippen molar-refractivity contribution in [2.75, 3.05) is 5.32 Å². The van der Waals surface area contributed by atoms with Crippen LogP contribution in [-0.2, 0) is 4.79 Å². The maximum atomic E-state index is 11.8. The lowest BCUT2D eigenvalue weighted by Crippen LogP contribution is -2.32. The Morgan fingerprint density at radius 2 is 1.91 bits per heavy atom. The fourth-order valence-electron chi connectivity index (χ4n) is 1.84. The van der Waals surface area contributed by atoms with Crippen LogP contribution in [0.15, 0.2) is 40.8 Å². The zero-order valence-corrected chi connectivity index (χ0v) is 13.6. The number of anilines is 1. The van der Waals surface area contributed by atoms with Gasteiger partial charge in [-0.15, -0.1) is 0 Å². The maximum absolute atomic E-state index is 11.8. The quantitative estimate of drug-likeness (QED) is 0.669. The van der Waals surface area contributed by atoms with Crippen LogP contribution in [-0.4, -0.2) is 11.0 Å². The van der Waals surface area contributed by atoms with Crippen molar-refractivity contribution in [2.24, 2.45) is 0 Å². The first-order chi connectivity index (χ1) is 10.4. The SMILES string of the molecule is Cc1ccc(/C=C/C(=O)NC(=S)Nc2ccc(C)c(C)c2)o1. The summed E-state index contributed by atoms with van der Waals surface area (Å²) >= 11 is 5.12. The summed E-state index contributed by atoms with van der Waals surface area (Å²) in [7, 11) is 0. The van der Waals surface area contributed by atoms with Crippen molar-refractivity contribution < 1.29 is 9.21 Å². The highest BCUT2D eigenvalue weighted by Gasteiger charge is 2.03. The number of nitrogens with one attached hydrogen (secondary N) is 2. The summed E-state index contributed by atoms with van der Waals surface area (Å²) in [5.74, 6) is 1.11. The second kappa shape index (κ2) is 7.04. The lowest BCUT2D eigenvalue weighted by atomic mass is 10.1. The van der Waals surface area contributed by atoms with Gasteiger partial charge in [-0.1, -0.05) is 6.07 Å². The van der Waals surface area contributed by atoms with Crippen LogP contribution in [0.25, 0.3) is 6.08 Å². The van der Waals surface area contributed by atoms with E-state index in [0.717, 1.165) is 17.0 Å². The molecular weight excluding hydrogens is 296 g/mol. The molecule has 1 aromatic carbocycles. The van der Waals surface area contributed by atoms with Crippen molar-refractivity contribution in [2.45, 2.75) is 20.8 Å². The molecule has 0 aliphatic carbocycles. The molecule has 0 bridgehead atoms. The van der Waals surface area contributed by atoms with E-state index in [0.29, 0.717) is 5.76 Å². The summed E-state index contributed by atoms with van der Waals surface area (Å²) in [5, 5.41) is 5.84. The van der Waals surface area contributed by atoms with Crippen LogP contribution < -0.4 is 10.6 Å². The van der Waals surface area contributed by atoms with Gasteiger partial charge in [-0.05, 0) is 74.5 Å². The topological polar surface area (TPSA) is 54.3 Å². The Balaban J connectivity index is 1.89. The summed E-state index contributed by atoms with van der Waals surface area (Å²) in [5.41, 5.74) is 3.21. The van der Waals surface area contributed by atoms with E-state index < -0.39 is 0 Å². The minimum absolute atomic E-state index is 0.258. The van der Waals surface area contributed by atoms with E-state index in [-0.39, 0.29) is 11.0 Å². The average Bonchev–Trinajstić information content (AvgIpc) is 2.86. The third kappa shape index (κ3) is 4.56. The smallest absolute Gasteiger partial charge is 0.250 e. The molecule has 2 aromatic rings. The first-order valence-corrected chi connectivity index (χ1v) is 7.28. The molecule has 1 amide bonds. The van der Waals surface area contributed by atoms with Crippen molar-refractivity contribution in [3.05, 3.63) is 59.1 Å². The molecule has 114 valence electrons. The van der Waals surface area contributed by atoms with E-state index in [1.807, 2.05) is 45.0 Å². The molecule has 2 rings (SSSR count). The molecule has 0 fully saturated rings. The number of aryl methyl sites for hydroxylation is 3. The zero-order chi connectivity index (χ0) is 16.1. The molecule has 1 aromatic heterocycles. The van der Waals surface area contributed by atoms with Crippen LogP contribution >= 0.6 is 12.2 Å². The molecule has 0 spiro atoms. The van der Waals surface area contributed by atoms with Gasteiger partial charge in [0.05, 0.1) is 0 Å². The molecule has 4 nitrogen and oxygen atoms in total. The number of carbonyl (C=O) groups excluding carboxylic acids is 1. The van der Waals surface area contributed by atoms with E-state index in [1.54, 1.807) is 12.1 Å². The molecule has 0 saturated heterocycles. The summed E-state index contributed by atoms with van der Waals surface area (Å²) in [6, 6.07) is 9.53. The van der Waals surface area contributed by atoms with Crippen molar-refractivity contribution in [3.63, 3.8) is 0 Å². The Kier molecular flexibility index (Phi) is 5.12. The lowest BCUT2D eigenvalue weighted by Gasteiger charge is -2.09.